The average Bonchev–Trinajstić information content (AvgIpc) is 2.93. The third-order valence-corrected chi connectivity index (χ3v) is 5.26. The Bertz CT molecular complexity index is 359. The molecular formula is C16H25NO. The lowest BCUT2D eigenvalue weighted by atomic mass is 9.65. The highest BCUT2D eigenvalue weighted by Crippen LogP contribution is 2.46. The topological polar surface area (TPSA) is 25.2 Å². The van der Waals surface area contributed by atoms with Gasteiger partial charge in [-0.3, -0.25) is 0 Å². The highest BCUT2D eigenvalue weighted by atomic mass is 16.3. The molecule has 4 atom stereocenters. The number of hydrogen-bond acceptors (Lipinski definition) is 2. The molecule has 2 aliphatic carbocycles. The van der Waals surface area contributed by atoms with E-state index in [1.54, 1.807) is 6.26 Å². The quantitative estimate of drug-likeness (QED) is 0.868. The molecule has 2 aliphatic rings. The molecule has 0 aliphatic heterocycles. The summed E-state index contributed by atoms with van der Waals surface area (Å²) in [5.41, 5.74) is 1.33. The molecular weight excluding hydrogens is 222 g/mol. The Morgan fingerprint density at radius 2 is 2.00 bits per heavy atom. The van der Waals surface area contributed by atoms with E-state index in [1.165, 1.54) is 50.5 Å². The van der Waals surface area contributed by atoms with Crippen LogP contribution >= 0.6 is 0 Å². The third-order valence-electron chi connectivity index (χ3n) is 5.26. The third kappa shape index (κ3) is 2.35. The highest BCUT2D eigenvalue weighted by Gasteiger charge is 2.35. The monoisotopic (exact) mass is 247 g/mol. The molecule has 0 spiro atoms. The molecule has 0 amide bonds. The van der Waals surface area contributed by atoms with Gasteiger partial charge in [0.05, 0.1) is 12.5 Å². The fourth-order valence-electron chi connectivity index (χ4n) is 4.34. The van der Waals surface area contributed by atoms with Crippen molar-refractivity contribution in [2.45, 2.75) is 51.0 Å². The normalized spacial score (nSPS) is 33.9. The van der Waals surface area contributed by atoms with Gasteiger partial charge in [-0.15, -0.1) is 0 Å². The maximum Gasteiger partial charge on any atom is 0.0950 e. The molecule has 3 rings (SSSR count). The minimum absolute atomic E-state index is 0.492. The van der Waals surface area contributed by atoms with E-state index in [0.717, 1.165) is 17.8 Å². The molecule has 2 saturated carbocycles. The van der Waals surface area contributed by atoms with E-state index < -0.39 is 0 Å². The zero-order valence-electron chi connectivity index (χ0n) is 11.4. The van der Waals surface area contributed by atoms with Crippen LogP contribution in [-0.4, -0.2) is 7.05 Å². The Labute approximate surface area is 110 Å². The first kappa shape index (κ1) is 12.3. The van der Waals surface area contributed by atoms with Crippen molar-refractivity contribution in [2.24, 2.45) is 17.8 Å². The lowest BCUT2D eigenvalue weighted by molar-refractivity contribution is 0.111. The SMILES string of the molecule is CNC(c1ccoc1)C1CCC2CCCCC2C1. The van der Waals surface area contributed by atoms with Crippen molar-refractivity contribution >= 4 is 0 Å². The van der Waals surface area contributed by atoms with Crippen LogP contribution in [0.2, 0.25) is 0 Å². The first-order valence-electron chi connectivity index (χ1n) is 7.58. The molecule has 4 unspecified atom stereocenters. The second-order valence-corrected chi connectivity index (χ2v) is 6.20. The summed E-state index contributed by atoms with van der Waals surface area (Å²) < 4.78 is 5.25. The molecule has 1 aromatic rings. The van der Waals surface area contributed by atoms with E-state index in [9.17, 15) is 0 Å². The Kier molecular flexibility index (Phi) is 3.74. The van der Waals surface area contributed by atoms with Gasteiger partial charge < -0.3 is 9.73 Å². The number of hydrogen-bond donors (Lipinski definition) is 1. The van der Waals surface area contributed by atoms with E-state index in [0.29, 0.717) is 6.04 Å². The summed E-state index contributed by atoms with van der Waals surface area (Å²) in [5.74, 6) is 2.84. The van der Waals surface area contributed by atoms with Crippen molar-refractivity contribution < 1.29 is 4.42 Å². The average molecular weight is 247 g/mol. The van der Waals surface area contributed by atoms with Crippen LogP contribution in [-0.2, 0) is 0 Å². The maximum atomic E-state index is 5.25. The molecule has 100 valence electrons. The molecule has 2 heteroatoms. The Morgan fingerprint density at radius 1 is 1.17 bits per heavy atom. The van der Waals surface area contributed by atoms with Gasteiger partial charge in [-0.1, -0.05) is 25.7 Å². The standard InChI is InChI=1S/C16H25NO/c1-17-16(15-8-9-18-11-15)14-7-6-12-4-2-3-5-13(12)10-14/h8-9,11-14,16-17H,2-7,10H2,1H3. The van der Waals surface area contributed by atoms with Crippen LogP contribution in [0.3, 0.4) is 0 Å². The van der Waals surface area contributed by atoms with Gasteiger partial charge >= 0.3 is 0 Å². The van der Waals surface area contributed by atoms with Gasteiger partial charge in [0.15, 0.2) is 0 Å². The predicted octanol–water partition coefficient (Wildman–Crippen LogP) is 4.15. The van der Waals surface area contributed by atoms with Gasteiger partial charge in [0, 0.05) is 11.6 Å². The molecule has 0 bridgehead atoms. The van der Waals surface area contributed by atoms with Crippen molar-refractivity contribution in [3.63, 3.8) is 0 Å². The number of rotatable bonds is 3. The van der Waals surface area contributed by atoms with Crippen molar-refractivity contribution in [3.8, 4) is 0 Å². The van der Waals surface area contributed by atoms with Crippen molar-refractivity contribution in [1.82, 2.24) is 5.32 Å². The molecule has 0 radical (unpaired) electrons. The zero-order chi connectivity index (χ0) is 12.4. The molecule has 1 heterocycles. The Morgan fingerprint density at radius 3 is 2.72 bits per heavy atom. The van der Waals surface area contributed by atoms with Crippen LogP contribution in [0.4, 0.5) is 0 Å². The molecule has 2 fully saturated rings. The minimum Gasteiger partial charge on any atom is -0.472 e. The number of fused-ring (bicyclic) bond motifs is 1. The second-order valence-electron chi connectivity index (χ2n) is 6.20. The summed E-state index contributed by atoms with van der Waals surface area (Å²) in [6.45, 7) is 0. The molecule has 0 saturated heterocycles. The summed E-state index contributed by atoms with van der Waals surface area (Å²) in [4.78, 5) is 0. The molecule has 0 aromatic carbocycles. The van der Waals surface area contributed by atoms with Crippen LogP contribution in [0.25, 0.3) is 0 Å². The van der Waals surface area contributed by atoms with Crippen LogP contribution in [0, 0.1) is 17.8 Å². The van der Waals surface area contributed by atoms with E-state index in [4.69, 9.17) is 4.42 Å². The maximum absolute atomic E-state index is 5.25. The number of nitrogens with one attached hydrogen (secondary N) is 1. The molecule has 2 nitrogen and oxygen atoms in total. The van der Waals surface area contributed by atoms with Gasteiger partial charge in [0.2, 0.25) is 0 Å². The first-order chi connectivity index (χ1) is 8.88. The van der Waals surface area contributed by atoms with Crippen LogP contribution < -0.4 is 5.32 Å². The fraction of sp³-hybridized carbons (Fsp3) is 0.750. The first-order valence-corrected chi connectivity index (χ1v) is 7.58. The lowest BCUT2D eigenvalue weighted by Crippen LogP contribution is -2.34. The zero-order valence-corrected chi connectivity index (χ0v) is 11.4. The van der Waals surface area contributed by atoms with E-state index in [1.807, 2.05) is 6.26 Å². The second kappa shape index (κ2) is 5.48. The van der Waals surface area contributed by atoms with Gasteiger partial charge in [0.25, 0.3) is 0 Å². The summed E-state index contributed by atoms with van der Waals surface area (Å²) in [7, 11) is 2.09. The lowest BCUT2D eigenvalue weighted by Gasteiger charge is -2.41. The van der Waals surface area contributed by atoms with E-state index >= 15 is 0 Å². The summed E-state index contributed by atoms with van der Waals surface area (Å²) in [5, 5.41) is 3.51. The van der Waals surface area contributed by atoms with E-state index in [-0.39, 0.29) is 0 Å². The van der Waals surface area contributed by atoms with Gasteiger partial charge in [-0.25, -0.2) is 0 Å². The molecule has 18 heavy (non-hydrogen) atoms. The van der Waals surface area contributed by atoms with Gasteiger partial charge in [-0.05, 0) is 50.1 Å². The predicted molar refractivity (Wildman–Crippen MR) is 73.3 cm³/mol. The van der Waals surface area contributed by atoms with Crippen LogP contribution in [0.15, 0.2) is 23.0 Å². The Hall–Kier alpha value is -0.760. The summed E-state index contributed by atoms with van der Waals surface area (Å²) in [6.07, 6.45) is 13.9. The van der Waals surface area contributed by atoms with Crippen molar-refractivity contribution in [1.29, 1.82) is 0 Å². The van der Waals surface area contributed by atoms with E-state index in [2.05, 4.69) is 18.4 Å². The number of furan rings is 1. The highest BCUT2D eigenvalue weighted by molar-refractivity contribution is 5.13. The van der Waals surface area contributed by atoms with Crippen molar-refractivity contribution in [3.05, 3.63) is 24.2 Å². The molecule has 1 aromatic heterocycles. The van der Waals surface area contributed by atoms with Crippen molar-refractivity contribution in [2.75, 3.05) is 7.05 Å². The van der Waals surface area contributed by atoms with Crippen LogP contribution in [0.5, 0.6) is 0 Å². The smallest absolute Gasteiger partial charge is 0.0950 e. The van der Waals surface area contributed by atoms with Crippen LogP contribution in [0.1, 0.15) is 56.6 Å². The largest absolute Gasteiger partial charge is 0.472 e. The molecule has 1 N–H and O–H groups in total. The van der Waals surface area contributed by atoms with Gasteiger partial charge in [0.1, 0.15) is 0 Å². The van der Waals surface area contributed by atoms with Gasteiger partial charge in [-0.2, -0.15) is 0 Å². The fourth-order valence-corrected chi connectivity index (χ4v) is 4.34. The Balaban J connectivity index is 1.69. The summed E-state index contributed by atoms with van der Waals surface area (Å²) >= 11 is 0. The minimum atomic E-state index is 0.492. The summed E-state index contributed by atoms with van der Waals surface area (Å²) in [6, 6.07) is 2.61.